The molecule has 0 unspecified atom stereocenters. The Morgan fingerprint density at radius 1 is 1.09 bits per heavy atom. The van der Waals surface area contributed by atoms with Gasteiger partial charge in [0.15, 0.2) is 11.5 Å². The minimum Gasteiger partial charge on any atom is -0.490 e. The van der Waals surface area contributed by atoms with E-state index in [1.165, 1.54) is 4.68 Å². The van der Waals surface area contributed by atoms with Crippen LogP contribution in [0.25, 0.3) is 10.9 Å². The Morgan fingerprint density at radius 2 is 1.85 bits per heavy atom. The van der Waals surface area contributed by atoms with Crippen LogP contribution < -0.4 is 15.0 Å². The second kappa shape index (κ2) is 10.7. The molecule has 0 saturated heterocycles. The second-order valence-electron chi connectivity index (χ2n) is 7.36. The predicted molar refractivity (Wildman–Crippen MR) is 143 cm³/mol. The van der Waals surface area contributed by atoms with E-state index in [0.717, 1.165) is 15.6 Å². The fourth-order valence-corrected chi connectivity index (χ4v) is 4.38. The summed E-state index contributed by atoms with van der Waals surface area (Å²) in [7, 11) is 0. The summed E-state index contributed by atoms with van der Waals surface area (Å²) in [6, 6.07) is 16.5. The molecular weight excluding hydrogens is 586 g/mol. The summed E-state index contributed by atoms with van der Waals surface area (Å²) in [5.41, 5.74) is 2.09. The molecule has 0 N–H and O–H groups in total. The number of nitrogens with zero attached hydrogens (tertiary/aromatic N) is 3. The lowest BCUT2D eigenvalue weighted by Gasteiger charge is -2.15. The van der Waals surface area contributed by atoms with Gasteiger partial charge in [0.25, 0.3) is 5.56 Å². The van der Waals surface area contributed by atoms with Crippen LogP contribution in [-0.2, 0) is 6.61 Å². The Morgan fingerprint density at radius 3 is 2.59 bits per heavy atom. The SMILES string of the molecule is CCOc1cc(C=Nn2c(C)nc3ccc(Br)cc3c2=O)cc(Br)c1OCc1ccc(Cl)cc1. The van der Waals surface area contributed by atoms with E-state index in [1.807, 2.05) is 49.4 Å². The number of halogens is 3. The molecule has 3 aromatic carbocycles. The largest absolute Gasteiger partial charge is 0.490 e. The third-order valence-corrected chi connectivity index (χ3v) is 6.25. The van der Waals surface area contributed by atoms with Crippen LogP contribution in [0.5, 0.6) is 11.5 Å². The molecule has 4 aromatic rings. The minimum atomic E-state index is -0.243. The molecule has 0 atom stereocenters. The minimum absolute atomic E-state index is 0.243. The van der Waals surface area contributed by atoms with E-state index in [1.54, 1.807) is 25.3 Å². The van der Waals surface area contributed by atoms with Crippen LogP contribution in [0, 0.1) is 6.92 Å². The number of benzene rings is 3. The normalized spacial score (nSPS) is 11.3. The first-order valence-corrected chi connectivity index (χ1v) is 12.4. The van der Waals surface area contributed by atoms with Crippen molar-refractivity contribution in [3.8, 4) is 11.5 Å². The summed E-state index contributed by atoms with van der Waals surface area (Å²) < 4.78 is 14.6. The smallest absolute Gasteiger partial charge is 0.282 e. The van der Waals surface area contributed by atoms with Gasteiger partial charge in [0, 0.05) is 9.50 Å². The molecule has 0 aliphatic carbocycles. The highest BCUT2D eigenvalue weighted by molar-refractivity contribution is 9.10. The molecule has 6 nitrogen and oxygen atoms in total. The van der Waals surface area contributed by atoms with Crippen molar-refractivity contribution in [1.29, 1.82) is 0 Å². The van der Waals surface area contributed by atoms with Crippen molar-refractivity contribution in [1.82, 2.24) is 9.66 Å². The van der Waals surface area contributed by atoms with Crippen molar-refractivity contribution < 1.29 is 9.47 Å². The molecule has 0 bridgehead atoms. The van der Waals surface area contributed by atoms with Gasteiger partial charge in [-0.1, -0.05) is 39.7 Å². The van der Waals surface area contributed by atoms with Crippen LogP contribution in [0.3, 0.4) is 0 Å². The Hall–Kier alpha value is -2.68. The van der Waals surface area contributed by atoms with Gasteiger partial charge < -0.3 is 9.47 Å². The van der Waals surface area contributed by atoms with E-state index in [9.17, 15) is 4.79 Å². The molecule has 0 aliphatic heterocycles. The van der Waals surface area contributed by atoms with E-state index in [0.29, 0.717) is 50.9 Å². The summed E-state index contributed by atoms with van der Waals surface area (Å²) in [5.74, 6) is 1.64. The first-order valence-electron chi connectivity index (χ1n) is 10.4. The number of aryl methyl sites for hydroxylation is 1. The maximum Gasteiger partial charge on any atom is 0.282 e. The van der Waals surface area contributed by atoms with Crippen molar-refractivity contribution in [3.05, 3.63) is 95.9 Å². The molecule has 0 radical (unpaired) electrons. The Bertz CT molecular complexity index is 1440. The molecule has 4 rings (SSSR count). The van der Waals surface area contributed by atoms with Crippen molar-refractivity contribution in [3.63, 3.8) is 0 Å². The van der Waals surface area contributed by atoms with Gasteiger partial charge in [-0.2, -0.15) is 9.78 Å². The fraction of sp³-hybridized carbons (Fsp3) is 0.160. The summed E-state index contributed by atoms with van der Waals surface area (Å²) in [5, 5.41) is 5.56. The first kappa shape index (κ1) is 24.4. The Balaban J connectivity index is 1.65. The van der Waals surface area contributed by atoms with E-state index >= 15 is 0 Å². The summed E-state index contributed by atoms with van der Waals surface area (Å²) >= 11 is 12.9. The van der Waals surface area contributed by atoms with Gasteiger partial charge in [-0.25, -0.2) is 4.98 Å². The van der Waals surface area contributed by atoms with Crippen molar-refractivity contribution in [2.24, 2.45) is 5.10 Å². The number of ether oxygens (including phenoxy) is 2. The number of hydrogen-bond acceptors (Lipinski definition) is 5. The molecule has 0 aliphatic rings. The second-order valence-corrected chi connectivity index (χ2v) is 9.57. The van der Waals surface area contributed by atoms with Crippen LogP contribution >= 0.6 is 43.5 Å². The highest BCUT2D eigenvalue weighted by Gasteiger charge is 2.13. The standard InChI is InChI=1S/C25H20Br2ClN3O3/c1-3-33-23-11-17(10-21(27)24(23)34-14-16-4-7-19(28)8-5-16)13-29-31-15(2)30-22-9-6-18(26)12-20(22)25(31)32/h4-13H,3,14H2,1-2H3. The molecule has 0 amide bonds. The fourth-order valence-electron chi connectivity index (χ4n) is 3.32. The average Bonchev–Trinajstić information content (AvgIpc) is 2.80. The number of aromatic nitrogens is 2. The molecule has 174 valence electrons. The van der Waals surface area contributed by atoms with Gasteiger partial charge in [-0.3, -0.25) is 4.79 Å². The van der Waals surface area contributed by atoms with Crippen LogP contribution in [0.15, 0.2) is 73.4 Å². The summed E-state index contributed by atoms with van der Waals surface area (Å²) in [6.45, 7) is 4.47. The summed E-state index contributed by atoms with van der Waals surface area (Å²) in [6.07, 6.45) is 1.59. The van der Waals surface area contributed by atoms with Crippen molar-refractivity contribution >= 4 is 60.6 Å². The van der Waals surface area contributed by atoms with Gasteiger partial charge in [0.1, 0.15) is 12.4 Å². The molecule has 0 spiro atoms. The third kappa shape index (κ3) is 5.51. The van der Waals surface area contributed by atoms with Crippen LogP contribution in [-0.4, -0.2) is 22.5 Å². The van der Waals surface area contributed by atoms with Gasteiger partial charge in [0.05, 0.1) is 28.2 Å². The topological polar surface area (TPSA) is 65.7 Å². The molecule has 9 heteroatoms. The Kier molecular flexibility index (Phi) is 7.70. The monoisotopic (exact) mass is 603 g/mol. The highest BCUT2D eigenvalue weighted by Crippen LogP contribution is 2.37. The molecule has 34 heavy (non-hydrogen) atoms. The molecular formula is C25H20Br2ClN3O3. The van der Waals surface area contributed by atoms with Gasteiger partial charge in [-0.15, -0.1) is 0 Å². The first-order chi connectivity index (χ1) is 16.4. The number of rotatable bonds is 7. The molecule has 0 saturated carbocycles. The van der Waals surface area contributed by atoms with Gasteiger partial charge >= 0.3 is 0 Å². The van der Waals surface area contributed by atoms with E-state index < -0.39 is 0 Å². The lowest BCUT2D eigenvalue weighted by atomic mass is 10.2. The van der Waals surface area contributed by atoms with Crippen molar-refractivity contribution in [2.45, 2.75) is 20.5 Å². The lowest BCUT2D eigenvalue weighted by molar-refractivity contribution is 0.267. The van der Waals surface area contributed by atoms with E-state index in [-0.39, 0.29) is 5.56 Å². The van der Waals surface area contributed by atoms with Gasteiger partial charge in [0.2, 0.25) is 0 Å². The maximum absolute atomic E-state index is 13.0. The average molecular weight is 606 g/mol. The van der Waals surface area contributed by atoms with Crippen LogP contribution in [0.4, 0.5) is 0 Å². The van der Waals surface area contributed by atoms with Crippen LogP contribution in [0.1, 0.15) is 23.9 Å². The summed E-state index contributed by atoms with van der Waals surface area (Å²) in [4.78, 5) is 17.5. The van der Waals surface area contributed by atoms with Crippen LogP contribution in [0.2, 0.25) is 5.02 Å². The number of hydrogen-bond donors (Lipinski definition) is 0. The van der Waals surface area contributed by atoms with E-state index in [2.05, 4.69) is 41.9 Å². The zero-order valence-electron chi connectivity index (χ0n) is 18.4. The van der Waals surface area contributed by atoms with Crippen molar-refractivity contribution in [2.75, 3.05) is 6.61 Å². The number of fused-ring (bicyclic) bond motifs is 1. The van der Waals surface area contributed by atoms with Gasteiger partial charge in [-0.05, 0) is 83.4 Å². The Labute approximate surface area is 218 Å². The highest BCUT2D eigenvalue weighted by atomic mass is 79.9. The van der Waals surface area contributed by atoms with E-state index in [4.69, 9.17) is 21.1 Å². The zero-order valence-corrected chi connectivity index (χ0v) is 22.3. The quantitative estimate of drug-likeness (QED) is 0.219. The third-order valence-electron chi connectivity index (χ3n) is 4.92. The zero-order chi connectivity index (χ0) is 24.2. The molecule has 1 heterocycles. The lowest BCUT2D eigenvalue weighted by Crippen LogP contribution is -2.20. The maximum atomic E-state index is 13.0. The predicted octanol–water partition coefficient (Wildman–Crippen LogP) is 6.74. The molecule has 1 aromatic heterocycles. The molecule has 0 fully saturated rings.